The predicted octanol–water partition coefficient (Wildman–Crippen LogP) is 0.190. The van der Waals surface area contributed by atoms with Crippen LogP contribution in [0.1, 0.15) is 20.8 Å². The van der Waals surface area contributed by atoms with Gasteiger partial charge in [0.05, 0.1) is 0 Å². The molecule has 0 amide bonds. The molecule has 0 atom stereocenters. The summed E-state index contributed by atoms with van der Waals surface area (Å²) in [5.41, 5.74) is 0.349. The summed E-state index contributed by atoms with van der Waals surface area (Å²) in [4.78, 5) is 0. The van der Waals surface area contributed by atoms with Crippen molar-refractivity contribution < 1.29 is 0 Å². The first-order valence-corrected chi connectivity index (χ1v) is 3.69. The second kappa shape index (κ2) is 2.17. The van der Waals surface area contributed by atoms with Crippen molar-refractivity contribution in [2.24, 2.45) is 0 Å². The van der Waals surface area contributed by atoms with Gasteiger partial charge < -0.3 is 0 Å². The maximum absolute atomic E-state index is 3.23. The fraction of sp³-hybridized carbons (Fsp3) is 1.00. The molecule has 0 bridgehead atoms. The molecule has 2 radical (unpaired) electrons. The van der Waals surface area contributed by atoms with Crippen molar-refractivity contribution in [2.45, 2.75) is 26.3 Å². The third-order valence-electron chi connectivity index (χ3n) is 0.433. The molecule has 0 aliphatic rings. The van der Waals surface area contributed by atoms with Gasteiger partial charge in [0, 0.05) is 0 Å². The summed E-state index contributed by atoms with van der Waals surface area (Å²) < 4.78 is 3.23. The van der Waals surface area contributed by atoms with Gasteiger partial charge in [-0.15, -0.1) is 0 Å². The molecule has 1 N–H and O–H groups in total. The molecule has 0 aromatic rings. The average molecular weight is 192 g/mol. The van der Waals surface area contributed by atoms with E-state index in [1.165, 1.54) is 0 Å². The molecule has 0 unspecified atom stereocenters. The molecular weight excluding hydrogens is 181 g/mol. The van der Waals surface area contributed by atoms with Gasteiger partial charge in [0.15, 0.2) is 0 Å². The summed E-state index contributed by atoms with van der Waals surface area (Å²) in [6.07, 6.45) is 0. The zero-order valence-electron chi connectivity index (χ0n) is 4.58. The molecule has 0 heterocycles. The zero-order valence-corrected chi connectivity index (χ0v) is 7.87. The van der Waals surface area contributed by atoms with E-state index >= 15 is 0 Å². The Bertz CT molecular complexity index is 37.3. The molecule has 0 saturated carbocycles. The second-order valence-corrected chi connectivity index (χ2v) is 3.22. The van der Waals surface area contributed by atoms with Gasteiger partial charge in [0.2, 0.25) is 0 Å². The number of nitrogens with one attached hydrogen (secondary N) is 1. The van der Waals surface area contributed by atoms with Crippen LogP contribution in [0.5, 0.6) is 0 Å². The van der Waals surface area contributed by atoms with Crippen molar-refractivity contribution in [1.82, 2.24) is 3.54 Å². The number of hydrogen-bond donors (Lipinski definition) is 1. The molecule has 0 rings (SSSR count). The molecule has 36 valence electrons. The Morgan fingerprint density at radius 2 is 1.50 bits per heavy atom. The Hall–Kier alpha value is 0.759. The topological polar surface area (TPSA) is 12.0 Å². The first kappa shape index (κ1) is 6.76. The van der Waals surface area contributed by atoms with Gasteiger partial charge >= 0.3 is 52.6 Å². The second-order valence-electron chi connectivity index (χ2n) is 2.39. The fourth-order valence-corrected chi connectivity index (χ4v) is 0. The van der Waals surface area contributed by atoms with Gasteiger partial charge in [-0.25, -0.2) is 0 Å². The van der Waals surface area contributed by atoms with E-state index in [-0.39, 0.29) is 0 Å². The first-order chi connectivity index (χ1) is 2.56. The summed E-state index contributed by atoms with van der Waals surface area (Å²) in [6, 6.07) is 0. The van der Waals surface area contributed by atoms with Crippen LogP contribution in [0.15, 0.2) is 0 Å². The van der Waals surface area contributed by atoms with Crippen molar-refractivity contribution in [3.63, 3.8) is 0 Å². The minimum atomic E-state index is 0.349. The number of rotatable bonds is 0. The molecule has 2 heteroatoms. The van der Waals surface area contributed by atoms with E-state index in [1.807, 2.05) is 0 Å². The maximum atomic E-state index is 3.23. The average Bonchev–Trinajstić information content (AvgIpc) is 1.35. The Labute approximate surface area is 52.9 Å². The molecule has 0 aromatic heterocycles. The van der Waals surface area contributed by atoms with Crippen LogP contribution in [0.2, 0.25) is 0 Å². The van der Waals surface area contributed by atoms with E-state index in [1.54, 1.807) is 0 Å². The van der Waals surface area contributed by atoms with Crippen molar-refractivity contribution in [2.75, 3.05) is 0 Å². The van der Waals surface area contributed by atoms with Crippen LogP contribution < -0.4 is 3.54 Å². The molecule has 1 nitrogen and oxygen atoms in total. The SMILES string of the molecule is CC(C)(C)[NH][SnH]. The van der Waals surface area contributed by atoms with Crippen molar-refractivity contribution in [3.05, 3.63) is 0 Å². The van der Waals surface area contributed by atoms with E-state index in [0.29, 0.717) is 5.54 Å². The molecular formula is C4H11NSn. The van der Waals surface area contributed by atoms with Gasteiger partial charge in [0.1, 0.15) is 0 Å². The fourth-order valence-electron chi connectivity index (χ4n) is 0. The zero-order chi connectivity index (χ0) is 5.21. The van der Waals surface area contributed by atoms with Crippen LogP contribution in [-0.2, 0) is 0 Å². The van der Waals surface area contributed by atoms with E-state index < -0.39 is 0 Å². The van der Waals surface area contributed by atoms with Crippen LogP contribution in [0.3, 0.4) is 0 Å². The Morgan fingerprint density at radius 1 is 1.33 bits per heavy atom. The monoisotopic (exact) mass is 193 g/mol. The summed E-state index contributed by atoms with van der Waals surface area (Å²) >= 11 is 1.15. The Morgan fingerprint density at radius 3 is 1.50 bits per heavy atom. The Kier molecular flexibility index (Phi) is 2.44. The van der Waals surface area contributed by atoms with E-state index in [4.69, 9.17) is 0 Å². The van der Waals surface area contributed by atoms with Crippen molar-refractivity contribution in [1.29, 1.82) is 0 Å². The van der Waals surface area contributed by atoms with Crippen LogP contribution in [0.4, 0.5) is 0 Å². The minimum absolute atomic E-state index is 0.349. The molecule has 0 spiro atoms. The van der Waals surface area contributed by atoms with Crippen LogP contribution in [-0.4, -0.2) is 28.3 Å². The van der Waals surface area contributed by atoms with Gasteiger partial charge in [-0.1, -0.05) is 0 Å². The molecule has 0 aromatic carbocycles. The quantitative estimate of drug-likeness (QED) is 0.540. The van der Waals surface area contributed by atoms with Gasteiger partial charge in [0.25, 0.3) is 0 Å². The molecule has 0 aliphatic heterocycles. The third kappa shape index (κ3) is 4.76. The molecule has 0 fully saturated rings. The van der Waals surface area contributed by atoms with Crippen molar-refractivity contribution >= 4 is 22.8 Å². The van der Waals surface area contributed by atoms with E-state index in [2.05, 4.69) is 24.3 Å². The first-order valence-electron chi connectivity index (χ1n) is 2.04. The summed E-state index contributed by atoms with van der Waals surface area (Å²) in [7, 11) is 0. The Balaban J connectivity index is 3.17. The standard InChI is InChI=1S/C4H10N.Sn.H/c1-4(2,3)5;;/h5H,1-3H3;;/q-1;+1;. The summed E-state index contributed by atoms with van der Waals surface area (Å²) in [5.74, 6) is 0. The molecule has 0 saturated heterocycles. The van der Waals surface area contributed by atoms with Gasteiger partial charge in [-0.3, -0.25) is 0 Å². The summed E-state index contributed by atoms with van der Waals surface area (Å²) in [6.45, 7) is 6.49. The molecule has 6 heavy (non-hydrogen) atoms. The normalized spacial score (nSPS) is 12.0. The number of hydrogen-bond acceptors (Lipinski definition) is 1. The van der Waals surface area contributed by atoms with Crippen LogP contribution in [0, 0.1) is 0 Å². The predicted molar refractivity (Wildman–Crippen MR) is 30.0 cm³/mol. The van der Waals surface area contributed by atoms with Crippen LogP contribution >= 0.6 is 0 Å². The summed E-state index contributed by atoms with van der Waals surface area (Å²) in [5, 5.41) is 0. The van der Waals surface area contributed by atoms with E-state index in [0.717, 1.165) is 22.8 Å². The van der Waals surface area contributed by atoms with E-state index in [9.17, 15) is 0 Å². The van der Waals surface area contributed by atoms with Gasteiger partial charge in [-0.05, 0) is 0 Å². The molecule has 0 aliphatic carbocycles. The van der Waals surface area contributed by atoms with Crippen LogP contribution in [0.25, 0.3) is 0 Å². The third-order valence-corrected chi connectivity index (χ3v) is 2.90. The van der Waals surface area contributed by atoms with Crippen molar-refractivity contribution in [3.8, 4) is 0 Å². The van der Waals surface area contributed by atoms with Gasteiger partial charge in [-0.2, -0.15) is 0 Å².